The summed E-state index contributed by atoms with van der Waals surface area (Å²) in [4.78, 5) is 1.21. The molecule has 4 heteroatoms. The number of hydrogen-bond acceptors (Lipinski definition) is 3. The zero-order chi connectivity index (χ0) is 12.7. The van der Waals surface area contributed by atoms with Crippen molar-refractivity contribution in [1.29, 1.82) is 0 Å². The Morgan fingerprint density at radius 1 is 1.39 bits per heavy atom. The van der Waals surface area contributed by atoms with Crippen molar-refractivity contribution in [3.8, 4) is 5.75 Å². The van der Waals surface area contributed by atoms with Crippen LogP contribution in [0.2, 0.25) is 0 Å². The number of thiophene rings is 1. The first-order valence-corrected chi connectivity index (χ1v) is 7.50. The lowest BCUT2D eigenvalue weighted by atomic mass is 9.97. The number of hydrogen-bond donors (Lipinski definition) is 1. The summed E-state index contributed by atoms with van der Waals surface area (Å²) in [5, 5.41) is 12.3. The van der Waals surface area contributed by atoms with Crippen LogP contribution >= 0.6 is 27.3 Å². The molecule has 0 saturated heterocycles. The van der Waals surface area contributed by atoms with Crippen LogP contribution in [-0.2, 0) is 0 Å². The summed E-state index contributed by atoms with van der Waals surface area (Å²) in [6.07, 6.45) is 0.122. The zero-order valence-corrected chi connectivity index (χ0v) is 12.3. The van der Waals surface area contributed by atoms with Gasteiger partial charge in [-0.2, -0.15) is 0 Å². The van der Waals surface area contributed by atoms with Crippen molar-refractivity contribution < 1.29 is 9.84 Å². The van der Waals surface area contributed by atoms with Gasteiger partial charge in [0.1, 0.15) is 11.9 Å². The van der Waals surface area contributed by atoms with Crippen LogP contribution in [0.15, 0.2) is 34.1 Å². The Balaban J connectivity index is 1.97. The molecule has 0 aliphatic carbocycles. The van der Waals surface area contributed by atoms with Crippen molar-refractivity contribution in [3.05, 3.63) is 50.1 Å². The van der Waals surface area contributed by atoms with E-state index in [0.717, 1.165) is 15.8 Å². The molecule has 3 rings (SSSR count). The van der Waals surface area contributed by atoms with Crippen molar-refractivity contribution in [2.75, 3.05) is 0 Å². The number of aliphatic hydroxyl groups is 1. The van der Waals surface area contributed by atoms with E-state index in [9.17, 15) is 5.11 Å². The molecule has 0 amide bonds. The van der Waals surface area contributed by atoms with Gasteiger partial charge in [0.05, 0.1) is 6.10 Å². The van der Waals surface area contributed by atoms with E-state index in [1.54, 1.807) is 11.3 Å². The highest BCUT2D eigenvalue weighted by Gasteiger charge is 2.29. The summed E-state index contributed by atoms with van der Waals surface area (Å²) in [5.41, 5.74) is 2.10. The Morgan fingerprint density at radius 2 is 2.22 bits per heavy atom. The van der Waals surface area contributed by atoms with Crippen LogP contribution in [0, 0.1) is 6.92 Å². The molecular weight excluding hydrogens is 312 g/mol. The molecule has 0 fully saturated rings. The summed E-state index contributed by atoms with van der Waals surface area (Å²) in [6.45, 7) is 2.08. The Hall–Kier alpha value is -0.840. The second-order valence-corrected chi connectivity index (χ2v) is 6.37. The van der Waals surface area contributed by atoms with Gasteiger partial charge < -0.3 is 9.84 Å². The number of rotatable bonds is 1. The van der Waals surface area contributed by atoms with Crippen LogP contribution < -0.4 is 4.74 Å². The monoisotopic (exact) mass is 324 g/mol. The van der Waals surface area contributed by atoms with E-state index in [1.807, 2.05) is 18.2 Å². The maximum absolute atomic E-state index is 10.2. The standard InChI is InChI=1S/C14H13BrO2S/c1-8-4-5-18-14(8)13-7-11(16)10-6-9(15)2-3-12(10)17-13/h2-6,11,13,16H,7H2,1H3/t11-,13?/m1/s1. The third-order valence-electron chi connectivity index (χ3n) is 3.23. The van der Waals surface area contributed by atoms with Gasteiger partial charge in [0, 0.05) is 21.3 Å². The van der Waals surface area contributed by atoms with Gasteiger partial charge in [-0.25, -0.2) is 0 Å². The number of aliphatic hydroxyl groups excluding tert-OH is 1. The third-order valence-corrected chi connectivity index (χ3v) is 4.84. The van der Waals surface area contributed by atoms with E-state index < -0.39 is 6.10 Å². The Kier molecular flexibility index (Phi) is 3.18. The minimum absolute atomic E-state index is 0.0336. The third kappa shape index (κ3) is 2.09. The van der Waals surface area contributed by atoms with E-state index in [0.29, 0.717) is 6.42 Å². The summed E-state index contributed by atoms with van der Waals surface area (Å²) < 4.78 is 6.98. The van der Waals surface area contributed by atoms with Crippen molar-refractivity contribution >= 4 is 27.3 Å². The highest BCUT2D eigenvalue weighted by molar-refractivity contribution is 9.10. The second-order valence-electron chi connectivity index (χ2n) is 4.51. The normalized spacial score (nSPS) is 22.4. The molecule has 1 aromatic carbocycles. The van der Waals surface area contributed by atoms with Gasteiger partial charge in [0.2, 0.25) is 0 Å². The van der Waals surface area contributed by atoms with Crippen LogP contribution in [-0.4, -0.2) is 5.11 Å². The van der Waals surface area contributed by atoms with Crippen molar-refractivity contribution in [1.82, 2.24) is 0 Å². The van der Waals surface area contributed by atoms with E-state index in [4.69, 9.17) is 4.74 Å². The van der Waals surface area contributed by atoms with Gasteiger partial charge in [0.15, 0.2) is 0 Å². The van der Waals surface area contributed by atoms with Gasteiger partial charge in [0.25, 0.3) is 0 Å². The van der Waals surface area contributed by atoms with Crippen molar-refractivity contribution in [3.63, 3.8) is 0 Å². The van der Waals surface area contributed by atoms with Crippen LogP contribution in [0.5, 0.6) is 5.75 Å². The molecule has 0 saturated carbocycles. The Bertz CT molecular complexity index is 579. The molecule has 0 spiro atoms. The Morgan fingerprint density at radius 3 is 2.94 bits per heavy atom. The average Bonchev–Trinajstić information content (AvgIpc) is 2.76. The predicted octanol–water partition coefficient (Wildman–Crippen LogP) is 4.38. The maximum Gasteiger partial charge on any atom is 0.136 e. The molecule has 1 aromatic heterocycles. The van der Waals surface area contributed by atoms with Crippen molar-refractivity contribution in [2.24, 2.45) is 0 Å². The van der Waals surface area contributed by atoms with Gasteiger partial charge in [-0.05, 0) is 42.1 Å². The minimum atomic E-state index is -0.460. The highest BCUT2D eigenvalue weighted by Crippen LogP contribution is 2.43. The van der Waals surface area contributed by atoms with E-state index in [-0.39, 0.29) is 6.10 Å². The molecular formula is C14H13BrO2S. The number of halogens is 1. The first-order valence-electron chi connectivity index (χ1n) is 5.83. The molecule has 18 heavy (non-hydrogen) atoms. The van der Waals surface area contributed by atoms with Crippen LogP contribution in [0.4, 0.5) is 0 Å². The van der Waals surface area contributed by atoms with Gasteiger partial charge >= 0.3 is 0 Å². The van der Waals surface area contributed by atoms with Crippen LogP contribution in [0.3, 0.4) is 0 Å². The lowest BCUT2D eigenvalue weighted by molar-refractivity contribution is 0.0671. The van der Waals surface area contributed by atoms with E-state index in [1.165, 1.54) is 10.4 Å². The molecule has 0 radical (unpaired) electrons. The molecule has 2 aromatic rings. The lowest BCUT2D eigenvalue weighted by Gasteiger charge is -2.29. The molecule has 1 unspecified atom stereocenters. The fourth-order valence-corrected chi connectivity index (χ4v) is 3.64. The highest BCUT2D eigenvalue weighted by atomic mass is 79.9. The first-order chi connectivity index (χ1) is 8.65. The topological polar surface area (TPSA) is 29.5 Å². The maximum atomic E-state index is 10.2. The Labute approximate surface area is 118 Å². The van der Waals surface area contributed by atoms with Crippen LogP contribution in [0.1, 0.15) is 34.6 Å². The fraction of sp³-hybridized carbons (Fsp3) is 0.286. The fourth-order valence-electron chi connectivity index (χ4n) is 2.29. The number of ether oxygens (including phenoxy) is 1. The predicted molar refractivity (Wildman–Crippen MR) is 76.1 cm³/mol. The smallest absolute Gasteiger partial charge is 0.136 e. The quantitative estimate of drug-likeness (QED) is 0.843. The number of benzene rings is 1. The van der Waals surface area contributed by atoms with Crippen molar-refractivity contribution in [2.45, 2.75) is 25.6 Å². The van der Waals surface area contributed by atoms with Gasteiger partial charge in [-0.3, -0.25) is 0 Å². The number of aryl methyl sites for hydroxylation is 1. The lowest BCUT2D eigenvalue weighted by Crippen LogP contribution is -2.18. The first kappa shape index (κ1) is 12.2. The van der Waals surface area contributed by atoms with Gasteiger partial charge in [-0.15, -0.1) is 11.3 Å². The molecule has 1 aliphatic rings. The van der Waals surface area contributed by atoms with E-state index >= 15 is 0 Å². The summed E-state index contributed by atoms with van der Waals surface area (Å²) in [6, 6.07) is 7.87. The molecule has 0 bridgehead atoms. The SMILES string of the molecule is Cc1ccsc1C1C[C@@H](O)c2cc(Br)ccc2O1. The zero-order valence-electron chi connectivity index (χ0n) is 9.89. The van der Waals surface area contributed by atoms with E-state index in [2.05, 4.69) is 34.3 Å². The average molecular weight is 325 g/mol. The molecule has 1 aliphatic heterocycles. The molecule has 2 nitrogen and oxygen atoms in total. The minimum Gasteiger partial charge on any atom is -0.484 e. The molecule has 2 atom stereocenters. The number of fused-ring (bicyclic) bond motifs is 1. The molecule has 1 N–H and O–H groups in total. The largest absolute Gasteiger partial charge is 0.484 e. The summed E-state index contributed by atoms with van der Waals surface area (Å²) in [7, 11) is 0. The van der Waals surface area contributed by atoms with Gasteiger partial charge in [-0.1, -0.05) is 15.9 Å². The summed E-state index contributed by atoms with van der Waals surface area (Å²) >= 11 is 5.11. The second kappa shape index (κ2) is 4.68. The van der Waals surface area contributed by atoms with Crippen LogP contribution in [0.25, 0.3) is 0 Å². The molecule has 94 valence electrons. The summed E-state index contributed by atoms with van der Waals surface area (Å²) in [5.74, 6) is 0.787. The molecule has 2 heterocycles.